The summed E-state index contributed by atoms with van der Waals surface area (Å²) in [6.07, 6.45) is 3.00. The number of nitrogens with zero attached hydrogens (tertiary/aromatic N) is 2. The van der Waals surface area contributed by atoms with Crippen LogP contribution in [0.3, 0.4) is 0 Å². The Balaban J connectivity index is 2.24. The van der Waals surface area contributed by atoms with Gasteiger partial charge in [-0.15, -0.1) is 0 Å². The second-order valence-corrected chi connectivity index (χ2v) is 5.30. The van der Waals surface area contributed by atoms with Gasteiger partial charge in [0.15, 0.2) is 0 Å². The maximum absolute atomic E-state index is 5.77. The van der Waals surface area contributed by atoms with Crippen LogP contribution in [0.1, 0.15) is 58.7 Å². The van der Waals surface area contributed by atoms with Gasteiger partial charge in [0, 0.05) is 6.61 Å². The van der Waals surface area contributed by atoms with Crippen molar-refractivity contribution in [3.05, 3.63) is 11.7 Å². The maximum Gasteiger partial charge on any atom is 0.246 e. The van der Waals surface area contributed by atoms with Gasteiger partial charge >= 0.3 is 0 Å². The molecule has 0 amide bonds. The van der Waals surface area contributed by atoms with Crippen LogP contribution in [0, 0.1) is 0 Å². The summed E-state index contributed by atoms with van der Waals surface area (Å²) in [5.74, 6) is 1.33. The Kier molecular flexibility index (Phi) is 3.73. The van der Waals surface area contributed by atoms with E-state index in [0.29, 0.717) is 18.3 Å². The molecule has 5 heteroatoms. The van der Waals surface area contributed by atoms with Crippen molar-refractivity contribution in [1.82, 2.24) is 15.5 Å². The van der Waals surface area contributed by atoms with Crippen molar-refractivity contribution in [2.24, 2.45) is 0 Å². The molecule has 18 heavy (non-hydrogen) atoms. The Bertz CT molecular complexity index is 399. The molecule has 0 aromatic carbocycles. The van der Waals surface area contributed by atoms with Crippen LogP contribution in [-0.2, 0) is 15.9 Å². The quantitative estimate of drug-likeness (QED) is 0.872. The van der Waals surface area contributed by atoms with Gasteiger partial charge in [0.2, 0.25) is 11.7 Å². The second kappa shape index (κ2) is 4.97. The minimum Gasteiger partial charge on any atom is -0.367 e. The standard InChI is InChI=1S/C13H23N3O2/c1-5-13(4,17-6-2)10-15-11(18-16-10)12(3)8-7-9-14-12/h14H,5-9H2,1-4H3. The summed E-state index contributed by atoms with van der Waals surface area (Å²) in [5, 5.41) is 7.54. The highest BCUT2D eigenvalue weighted by molar-refractivity contribution is 5.07. The highest BCUT2D eigenvalue weighted by Crippen LogP contribution is 2.32. The fourth-order valence-electron chi connectivity index (χ4n) is 2.38. The topological polar surface area (TPSA) is 60.2 Å². The number of hydrogen-bond donors (Lipinski definition) is 1. The number of rotatable bonds is 5. The molecule has 0 aliphatic carbocycles. The van der Waals surface area contributed by atoms with Crippen LogP contribution < -0.4 is 5.32 Å². The van der Waals surface area contributed by atoms with Gasteiger partial charge in [-0.2, -0.15) is 4.98 Å². The lowest BCUT2D eigenvalue weighted by Crippen LogP contribution is -2.34. The third kappa shape index (κ3) is 2.29. The predicted molar refractivity (Wildman–Crippen MR) is 68.2 cm³/mol. The van der Waals surface area contributed by atoms with E-state index in [4.69, 9.17) is 9.26 Å². The van der Waals surface area contributed by atoms with Crippen LogP contribution in [0.4, 0.5) is 0 Å². The summed E-state index contributed by atoms with van der Waals surface area (Å²) < 4.78 is 11.2. The van der Waals surface area contributed by atoms with Crippen molar-refractivity contribution in [1.29, 1.82) is 0 Å². The summed E-state index contributed by atoms with van der Waals surface area (Å²) in [6.45, 7) is 9.82. The van der Waals surface area contributed by atoms with Crippen molar-refractivity contribution in [3.8, 4) is 0 Å². The van der Waals surface area contributed by atoms with Gasteiger partial charge in [0.25, 0.3) is 0 Å². The molecule has 0 bridgehead atoms. The molecule has 102 valence electrons. The second-order valence-electron chi connectivity index (χ2n) is 5.30. The van der Waals surface area contributed by atoms with E-state index in [0.717, 1.165) is 25.8 Å². The van der Waals surface area contributed by atoms with Gasteiger partial charge in [-0.05, 0) is 46.6 Å². The van der Waals surface area contributed by atoms with Crippen molar-refractivity contribution in [2.45, 2.75) is 58.1 Å². The van der Waals surface area contributed by atoms with Crippen molar-refractivity contribution in [2.75, 3.05) is 13.2 Å². The first-order valence-electron chi connectivity index (χ1n) is 6.78. The third-order valence-corrected chi connectivity index (χ3v) is 3.88. The number of hydrogen-bond acceptors (Lipinski definition) is 5. The van der Waals surface area contributed by atoms with Crippen LogP contribution in [0.5, 0.6) is 0 Å². The highest BCUT2D eigenvalue weighted by atomic mass is 16.5. The number of aromatic nitrogens is 2. The molecule has 1 aromatic rings. The van der Waals surface area contributed by atoms with Crippen molar-refractivity contribution in [3.63, 3.8) is 0 Å². The molecule has 2 heterocycles. The first kappa shape index (κ1) is 13.5. The van der Waals surface area contributed by atoms with Crippen molar-refractivity contribution < 1.29 is 9.26 Å². The molecule has 0 radical (unpaired) electrons. The molecule has 5 nitrogen and oxygen atoms in total. The van der Waals surface area contributed by atoms with Crippen molar-refractivity contribution >= 4 is 0 Å². The maximum atomic E-state index is 5.77. The molecule has 1 aliphatic heterocycles. The van der Waals surface area contributed by atoms with Crippen LogP contribution in [-0.4, -0.2) is 23.3 Å². The van der Waals surface area contributed by atoms with Gasteiger partial charge in [0.05, 0.1) is 5.54 Å². The smallest absolute Gasteiger partial charge is 0.246 e. The molecule has 1 saturated heterocycles. The van der Waals surface area contributed by atoms with Gasteiger partial charge in [0.1, 0.15) is 5.60 Å². The van der Waals surface area contributed by atoms with E-state index in [1.54, 1.807) is 0 Å². The fourth-order valence-corrected chi connectivity index (χ4v) is 2.38. The monoisotopic (exact) mass is 253 g/mol. The predicted octanol–water partition coefficient (Wildman–Crippen LogP) is 2.33. The van der Waals surface area contributed by atoms with Gasteiger partial charge < -0.3 is 14.6 Å². The molecule has 1 fully saturated rings. The van der Waals surface area contributed by atoms with E-state index in [2.05, 4.69) is 29.3 Å². The molecule has 1 N–H and O–H groups in total. The Morgan fingerprint density at radius 1 is 1.50 bits per heavy atom. The lowest BCUT2D eigenvalue weighted by Gasteiger charge is -2.24. The summed E-state index contributed by atoms with van der Waals surface area (Å²) in [6, 6.07) is 0. The Hall–Kier alpha value is -0.940. The summed E-state index contributed by atoms with van der Waals surface area (Å²) >= 11 is 0. The fraction of sp³-hybridized carbons (Fsp3) is 0.846. The van der Waals surface area contributed by atoms with E-state index in [1.165, 1.54) is 0 Å². The normalized spacial score (nSPS) is 27.3. The molecular formula is C13H23N3O2. The lowest BCUT2D eigenvalue weighted by atomic mass is 9.99. The minimum absolute atomic E-state index is 0.174. The number of ether oxygens (including phenoxy) is 1. The molecule has 1 aliphatic rings. The van der Waals surface area contributed by atoms with Gasteiger partial charge in [-0.1, -0.05) is 12.1 Å². The number of nitrogens with one attached hydrogen (secondary N) is 1. The zero-order valence-electron chi connectivity index (χ0n) is 11.7. The van der Waals surface area contributed by atoms with Crippen LogP contribution in [0.25, 0.3) is 0 Å². The molecule has 2 atom stereocenters. The lowest BCUT2D eigenvalue weighted by molar-refractivity contribution is -0.0403. The van der Waals surface area contributed by atoms with Crippen LogP contribution in [0.15, 0.2) is 4.52 Å². The third-order valence-electron chi connectivity index (χ3n) is 3.88. The SMILES string of the molecule is CCOC(C)(CC)c1noc(C2(C)CCCN2)n1. The zero-order valence-corrected chi connectivity index (χ0v) is 11.7. The summed E-state index contributed by atoms with van der Waals surface area (Å²) in [5.41, 5.74) is -0.627. The molecule has 2 rings (SSSR count). The first-order valence-corrected chi connectivity index (χ1v) is 6.78. The average molecular weight is 253 g/mol. The largest absolute Gasteiger partial charge is 0.367 e. The van der Waals surface area contributed by atoms with E-state index in [-0.39, 0.29) is 5.54 Å². The minimum atomic E-state index is -0.453. The molecule has 2 unspecified atom stereocenters. The van der Waals surface area contributed by atoms with Crippen LogP contribution in [0.2, 0.25) is 0 Å². The molecule has 0 spiro atoms. The Morgan fingerprint density at radius 3 is 2.83 bits per heavy atom. The first-order chi connectivity index (χ1) is 8.54. The van der Waals surface area contributed by atoms with Crippen LogP contribution >= 0.6 is 0 Å². The summed E-state index contributed by atoms with van der Waals surface area (Å²) in [4.78, 5) is 4.56. The Labute approximate surface area is 108 Å². The molecule has 0 saturated carbocycles. The van der Waals surface area contributed by atoms with E-state index < -0.39 is 5.60 Å². The Morgan fingerprint density at radius 2 is 2.28 bits per heavy atom. The zero-order chi connectivity index (χ0) is 13.2. The van der Waals surface area contributed by atoms with E-state index in [9.17, 15) is 0 Å². The molecular weight excluding hydrogens is 230 g/mol. The van der Waals surface area contributed by atoms with Gasteiger partial charge in [-0.3, -0.25) is 0 Å². The van der Waals surface area contributed by atoms with E-state index >= 15 is 0 Å². The highest BCUT2D eigenvalue weighted by Gasteiger charge is 2.38. The summed E-state index contributed by atoms with van der Waals surface area (Å²) in [7, 11) is 0. The van der Waals surface area contributed by atoms with E-state index in [1.807, 2.05) is 13.8 Å². The van der Waals surface area contributed by atoms with Gasteiger partial charge in [-0.25, -0.2) is 0 Å². The molecule has 1 aromatic heterocycles. The average Bonchev–Trinajstić information content (AvgIpc) is 2.98.